The van der Waals surface area contributed by atoms with Crippen LogP contribution in [0.5, 0.6) is 0 Å². The molecule has 0 saturated carbocycles. The molecular weight excluding hydrogens is 348 g/mol. The summed E-state index contributed by atoms with van der Waals surface area (Å²) < 4.78 is 0. The fourth-order valence-corrected chi connectivity index (χ4v) is 3.74. The van der Waals surface area contributed by atoms with Crippen LogP contribution in [0, 0.1) is 0 Å². The molecule has 3 aromatic rings. The first kappa shape index (κ1) is 16.2. The Bertz CT molecular complexity index is 982. The summed E-state index contributed by atoms with van der Waals surface area (Å²) in [6.45, 7) is 0. The van der Waals surface area contributed by atoms with E-state index in [0.29, 0.717) is 10.7 Å². The average molecular weight is 362 g/mol. The molecule has 2 aromatic heterocycles. The minimum atomic E-state index is -0.729. The van der Waals surface area contributed by atoms with Gasteiger partial charge in [-0.1, -0.05) is 42.5 Å². The van der Waals surface area contributed by atoms with Gasteiger partial charge in [-0.2, -0.15) is 0 Å². The number of aliphatic hydroxyl groups excluding tert-OH is 1. The van der Waals surface area contributed by atoms with Gasteiger partial charge in [-0.15, -0.1) is 11.3 Å². The van der Waals surface area contributed by atoms with Gasteiger partial charge in [0.05, 0.1) is 16.5 Å². The Balaban J connectivity index is 1.88. The lowest BCUT2D eigenvalue weighted by molar-refractivity contribution is -0.117. The Labute approximate surface area is 153 Å². The SMILES string of the molecule is O=C(C1=C(O)C(=O)N(c2ccccn2)[C@@H]1c1ccccc1)c1cccs1. The summed E-state index contributed by atoms with van der Waals surface area (Å²) in [5.41, 5.74) is 0.810. The number of Topliss-reactive ketones (excluding diaryl/α,β-unsaturated/α-hetero) is 1. The molecule has 1 aromatic carbocycles. The predicted molar refractivity (Wildman–Crippen MR) is 99.2 cm³/mol. The maximum Gasteiger partial charge on any atom is 0.295 e. The minimum absolute atomic E-state index is 0.0781. The van der Waals surface area contributed by atoms with Crippen LogP contribution in [0.1, 0.15) is 21.3 Å². The quantitative estimate of drug-likeness (QED) is 0.714. The number of aliphatic hydroxyl groups is 1. The molecule has 5 nitrogen and oxygen atoms in total. The molecule has 0 aliphatic carbocycles. The first-order chi connectivity index (χ1) is 12.7. The lowest BCUT2D eigenvalue weighted by Gasteiger charge is -2.25. The van der Waals surface area contributed by atoms with Crippen molar-refractivity contribution in [1.29, 1.82) is 0 Å². The number of hydrogen-bond acceptors (Lipinski definition) is 5. The Morgan fingerprint density at radius 3 is 2.46 bits per heavy atom. The van der Waals surface area contributed by atoms with E-state index in [1.165, 1.54) is 16.2 Å². The van der Waals surface area contributed by atoms with Crippen LogP contribution in [0.15, 0.2) is 83.6 Å². The number of aromatic nitrogens is 1. The average Bonchev–Trinajstić information content (AvgIpc) is 3.31. The van der Waals surface area contributed by atoms with E-state index in [2.05, 4.69) is 4.98 Å². The highest BCUT2D eigenvalue weighted by Crippen LogP contribution is 2.41. The summed E-state index contributed by atoms with van der Waals surface area (Å²) in [7, 11) is 0. The van der Waals surface area contributed by atoms with Gasteiger partial charge in [-0.25, -0.2) is 4.98 Å². The van der Waals surface area contributed by atoms with Gasteiger partial charge >= 0.3 is 0 Å². The number of thiophene rings is 1. The highest BCUT2D eigenvalue weighted by Gasteiger charge is 2.45. The zero-order valence-corrected chi connectivity index (χ0v) is 14.4. The van der Waals surface area contributed by atoms with Gasteiger partial charge in [0.15, 0.2) is 5.76 Å². The molecule has 128 valence electrons. The molecule has 1 N–H and O–H groups in total. The molecular formula is C20H14N2O3S. The molecule has 3 heterocycles. The normalized spacial score (nSPS) is 17.0. The molecule has 26 heavy (non-hydrogen) atoms. The third-order valence-electron chi connectivity index (χ3n) is 4.21. The van der Waals surface area contributed by atoms with Gasteiger partial charge in [0.1, 0.15) is 5.82 Å². The predicted octanol–water partition coefficient (Wildman–Crippen LogP) is 3.93. The summed E-state index contributed by atoms with van der Waals surface area (Å²) in [4.78, 5) is 31.9. The second kappa shape index (κ2) is 6.57. The second-order valence-electron chi connectivity index (χ2n) is 5.75. The number of carbonyl (C=O) groups is 2. The molecule has 1 aliphatic rings. The van der Waals surface area contributed by atoms with Gasteiger partial charge in [0.2, 0.25) is 5.78 Å². The third kappa shape index (κ3) is 2.60. The van der Waals surface area contributed by atoms with Crippen LogP contribution < -0.4 is 4.90 Å². The van der Waals surface area contributed by atoms with Crippen LogP contribution in [0.25, 0.3) is 0 Å². The third-order valence-corrected chi connectivity index (χ3v) is 5.08. The molecule has 0 bridgehead atoms. The van der Waals surface area contributed by atoms with E-state index < -0.39 is 17.7 Å². The van der Waals surface area contributed by atoms with Crippen LogP contribution in [0.4, 0.5) is 5.82 Å². The minimum Gasteiger partial charge on any atom is -0.503 e. The standard InChI is InChI=1S/C20H14N2O3S/c23-18(14-9-6-12-26-14)16-17(13-7-2-1-3-8-13)22(20(25)19(16)24)15-10-4-5-11-21-15/h1-12,17,24H/t17-/m1/s1. The van der Waals surface area contributed by atoms with Crippen molar-refractivity contribution in [2.45, 2.75) is 6.04 Å². The van der Waals surface area contributed by atoms with Crippen LogP contribution in [0.2, 0.25) is 0 Å². The second-order valence-corrected chi connectivity index (χ2v) is 6.69. The molecule has 0 radical (unpaired) electrons. The Morgan fingerprint density at radius 1 is 1.04 bits per heavy atom. The van der Waals surface area contributed by atoms with Crippen molar-refractivity contribution in [2.24, 2.45) is 0 Å². The smallest absolute Gasteiger partial charge is 0.295 e. The van der Waals surface area contributed by atoms with E-state index in [9.17, 15) is 14.7 Å². The summed E-state index contributed by atoms with van der Waals surface area (Å²) >= 11 is 1.28. The summed E-state index contributed by atoms with van der Waals surface area (Å²) in [6, 6.07) is 17.1. The summed E-state index contributed by atoms with van der Waals surface area (Å²) in [5.74, 6) is -1.12. The van der Waals surface area contributed by atoms with Crippen LogP contribution in [0.3, 0.4) is 0 Å². The van der Waals surface area contributed by atoms with E-state index in [-0.39, 0.29) is 11.4 Å². The van der Waals surface area contributed by atoms with Gasteiger partial charge in [0.25, 0.3) is 5.91 Å². The fourth-order valence-electron chi connectivity index (χ4n) is 3.06. The highest BCUT2D eigenvalue weighted by molar-refractivity contribution is 7.12. The molecule has 1 aliphatic heterocycles. The monoisotopic (exact) mass is 362 g/mol. The number of nitrogens with zero attached hydrogens (tertiary/aromatic N) is 2. The molecule has 6 heteroatoms. The summed E-state index contributed by atoms with van der Waals surface area (Å²) in [5, 5.41) is 12.3. The van der Waals surface area contributed by atoms with Crippen LogP contribution >= 0.6 is 11.3 Å². The maximum atomic E-state index is 13.0. The highest BCUT2D eigenvalue weighted by atomic mass is 32.1. The topological polar surface area (TPSA) is 70.5 Å². The largest absolute Gasteiger partial charge is 0.503 e. The first-order valence-corrected chi connectivity index (χ1v) is 8.87. The molecule has 0 unspecified atom stereocenters. The van der Waals surface area contributed by atoms with Crippen molar-refractivity contribution >= 4 is 28.8 Å². The number of hydrogen-bond donors (Lipinski definition) is 1. The Morgan fingerprint density at radius 2 is 1.81 bits per heavy atom. The lowest BCUT2D eigenvalue weighted by Crippen LogP contribution is -2.31. The first-order valence-electron chi connectivity index (χ1n) is 7.99. The zero-order valence-electron chi connectivity index (χ0n) is 13.6. The van der Waals surface area contributed by atoms with E-state index in [0.717, 1.165) is 5.56 Å². The molecule has 0 spiro atoms. The maximum absolute atomic E-state index is 13.0. The number of benzene rings is 1. The van der Waals surface area contributed by atoms with Gasteiger partial charge in [-0.3, -0.25) is 14.5 Å². The Hall–Kier alpha value is -3.25. The summed E-state index contributed by atoms with van der Waals surface area (Å²) in [6.07, 6.45) is 1.57. The fraction of sp³-hybridized carbons (Fsp3) is 0.0500. The van der Waals surface area contributed by atoms with Gasteiger partial charge in [-0.05, 0) is 29.1 Å². The molecule has 4 rings (SSSR count). The van der Waals surface area contributed by atoms with Gasteiger partial charge in [0, 0.05) is 6.20 Å². The van der Waals surface area contributed by atoms with Crippen LogP contribution in [-0.2, 0) is 4.79 Å². The molecule has 1 amide bonds. The number of pyridine rings is 1. The van der Waals surface area contributed by atoms with Crippen molar-refractivity contribution in [1.82, 2.24) is 4.98 Å². The number of ketones is 1. The lowest BCUT2D eigenvalue weighted by atomic mass is 9.95. The zero-order chi connectivity index (χ0) is 18.1. The van der Waals surface area contributed by atoms with Crippen molar-refractivity contribution in [3.63, 3.8) is 0 Å². The van der Waals surface area contributed by atoms with Crippen molar-refractivity contribution in [2.75, 3.05) is 4.90 Å². The van der Waals surface area contributed by atoms with Gasteiger partial charge < -0.3 is 5.11 Å². The van der Waals surface area contributed by atoms with Crippen molar-refractivity contribution < 1.29 is 14.7 Å². The molecule has 1 atom stereocenters. The molecule has 0 fully saturated rings. The number of anilines is 1. The number of amides is 1. The van der Waals surface area contributed by atoms with Crippen molar-refractivity contribution in [3.8, 4) is 0 Å². The van der Waals surface area contributed by atoms with E-state index in [4.69, 9.17) is 0 Å². The van der Waals surface area contributed by atoms with Crippen LogP contribution in [-0.4, -0.2) is 21.8 Å². The Kier molecular flexibility index (Phi) is 4.10. The molecule has 0 saturated heterocycles. The van der Waals surface area contributed by atoms with E-state index in [1.807, 2.05) is 30.3 Å². The number of carbonyl (C=O) groups excluding carboxylic acids is 2. The van der Waals surface area contributed by atoms with E-state index in [1.54, 1.807) is 41.9 Å². The number of rotatable bonds is 4. The van der Waals surface area contributed by atoms with Crippen molar-refractivity contribution in [3.05, 3.63) is 94.0 Å². The van der Waals surface area contributed by atoms with E-state index >= 15 is 0 Å².